The number of hydrogen-bond donors (Lipinski definition) is 0. The summed E-state index contributed by atoms with van der Waals surface area (Å²) in [5.41, 5.74) is 3.03. The van der Waals surface area contributed by atoms with Gasteiger partial charge in [-0.2, -0.15) is 0 Å². The summed E-state index contributed by atoms with van der Waals surface area (Å²) in [5.74, 6) is -1.91. The van der Waals surface area contributed by atoms with Crippen LogP contribution in [0.4, 0.5) is 4.39 Å². The molecule has 34 heavy (non-hydrogen) atoms. The number of esters is 1. The first kappa shape index (κ1) is 22.0. The van der Waals surface area contributed by atoms with Gasteiger partial charge < -0.3 is 18.8 Å². The summed E-state index contributed by atoms with van der Waals surface area (Å²) < 4.78 is 33.1. The van der Waals surface area contributed by atoms with Crippen molar-refractivity contribution in [2.45, 2.75) is 24.9 Å². The van der Waals surface area contributed by atoms with Crippen LogP contribution in [-0.4, -0.2) is 28.2 Å². The number of hydrogen-bond acceptors (Lipinski definition) is 5. The largest absolute Gasteiger partial charge is 0.426 e. The van der Waals surface area contributed by atoms with E-state index in [0.29, 0.717) is 6.54 Å². The fraction of sp³-hybridized carbons (Fsp3) is 0.185. The summed E-state index contributed by atoms with van der Waals surface area (Å²) in [6, 6.07) is 23.6. The van der Waals surface area contributed by atoms with Crippen LogP contribution in [0.3, 0.4) is 0 Å². The molecule has 0 unspecified atom stereocenters. The molecule has 2 atom stereocenters. The van der Waals surface area contributed by atoms with E-state index in [1.54, 1.807) is 12.5 Å². The maximum atomic E-state index is 13.4. The van der Waals surface area contributed by atoms with Gasteiger partial charge in [-0.3, -0.25) is 4.79 Å². The molecule has 0 saturated carbocycles. The van der Waals surface area contributed by atoms with Crippen molar-refractivity contribution in [3.63, 3.8) is 0 Å². The van der Waals surface area contributed by atoms with Crippen LogP contribution in [0.2, 0.25) is 0 Å². The second-order valence-electron chi connectivity index (χ2n) is 8.12. The molecule has 1 aliphatic heterocycles. The third-order valence-electron chi connectivity index (χ3n) is 5.66. The third kappa shape index (κ3) is 4.90. The van der Waals surface area contributed by atoms with E-state index in [9.17, 15) is 9.18 Å². The number of aromatic nitrogens is 2. The molecule has 0 aliphatic carbocycles. The Morgan fingerprint density at radius 3 is 2.59 bits per heavy atom. The van der Waals surface area contributed by atoms with Gasteiger partial charge in [0.15, 0.2) is 0 Å². The minimum absolute atomic E-state index is 0.0235. The molecule has 0 N–H and O–H groups in total. The number of halogens is 1. The lowest BCUT2D eigenvalue weighted by Crippen LogP contribution is -2.33. The molecular formula is C27H23FN2O4. The summed E-state index contributed by atoms with van der Waals surface area (Å²) in [4.78, 5) is 16.6. The maximum Gasteiger partial charge on any atom is 0.313 e. The molecule has 0 amide bonds. The highest BCUT2D eigenvalue weighted by molar-refractivity contribution is 5.73. The van der Waals surface area contributed by atoms with E-state index in [0.717, 1.165) is 16.7 Å². The van der Waals surface area contributed by atoms with Crippen LogP contribution in [0.15, 0.2) is 97.6 Å². The van der Waals surface area contributed by atoms with Crippen LogP contribution in [-0.2, 0) is 26.6 Å². The first-order valence-corrected chi connectivity index (χ1v) is 11.0. The van der Waals surface area contributed by atoms with E-state index in [1.165, 1.54) is 24.3 Å². The minimum atomic E-state index is -1.08. The fourth-order valence-electron chi connectivity index (χ4n) is 4.05. The van der Waals surface area contributed by atoms with Gasteiger partial charge in [0.2, 0.25) is 5.79 Å². The average molecular weight is 458 g/mol. The van der Waals surface area contributed by atoms with Gasteiger partial charge in [0.05, 0.1) is 32.0 Å². The van der Waals surface area contributed by atoms with Crippen LogP contribution in [0.5, 0.6) is 5.75 Å². The van der Waals surface area contributed by atoms with Crippen LogP contribution in [0.1, 0.15) is 12.0 Å². The second kappa shape index (κ2) is 9.59. The number of benzene rings is 3. The number of ether oxygens (including phenoxy) is 3. The van der Waals surface area contributed by atoms with Crippen molar-refractivity contribution in [2.75, 3.05) is 6.61 Å². The molecule has 5 rings (SSSR count). The Hall–Kier alpha value is -3.81. The summed E-state index contributed by atoms with van der Waals surface area (Å²) in [7, 11) is 0. The molecule has 6 nitrogen and oxygen atoms in total. The molecule has 1 aromatic heterocycles. The molecule has 3 aromatic carbocycles. The van der Waals surface area contributed by atoms with Crippen LogP contribution >= 0.6 is 0 Å². The maximum absolute atomic E-state index is 13.4. The van der Waals surface area contributed by atoms with Gasteiger partial charge in [-0.15, -0.1) is 0 Å². The molecule has 1 saturated heterocycles. The van der Waals surface area contributed by atoms with Gasteiger partial charge in [0, 0.05) is 24.0 Å². The van der Waals surface area contributed by atoms with Crippen molar-refractivity contribution in [3.05, 3.63) is 109 Å². The molecule has 2 heterocycles. The standard InChI is InChI=1S/C27H23FN2O4/c28-23-7-4-8-24(15-23)33-26(31)16-25-17-32-27(34-25,18-30-14-13-29-19-30)22-11-9-21(10-12-22)20-5-2-1-3-6-20/h1-15,19,25H,16-18H2/t25-,27-/m0/s1. The SMILES string of the molecule is O=C(C[C@H]1CO[C@](Cn2ccnc2)(c2ccc(-c3ccccc3)cc2)O1)Oc1cccc(F)c1. The first-order valence-electron chi connectivity index (χ1n) is 11.0. The molecule has 0 bridgehead atoms. The van der Waals surface area contributed by atoms with E-state index >= 15 is 0 Å². The average Bonchev–Trinajstić information content (AvgIpc) is 3.50. The highest BCUT2D eigenvalue weighted by atomic mass is 19.1. The number of rotatable bonds is 7. The Morgan fingerprint density at radius 1 is 1.06 bits per heavy atom. The number of nitrogens with zero attached hydrogens (tertiary/aromatic N) is 2. The van der Waals surface area contributed by atoms with Gasteiger partial charge >= 0.3 is 5.97 Å². The third-order valence-corrected chi connectivity index (χ3v) is 5.66. The Labute approximate surface area is 196 Å². The predicted molar refractivity (Wildman–Crippen MR) is 123 cm³/mol. The minimum Gasteiger partial charge on any atom is -0.426 e. The topological polar surface area (TPSA) is 62.6 Å². The van der Waals surface area contributed by atoms with Gasteiger partial charge in [-0.25, -0.2) is 9.37 Å². The van der Waals surface area contributed by atoms with Gasteiger partial charge in [0.1, 0.15) is 11.6 Å². The van der Waals surface area contributed by atoms with E-state index in [-0.39, 0.29) is 18.8 Å². The van der Waals surface area contributed by atoms with Crippen molar-refractivity contribution >= 4 is 5.97 Å². The lowest BCUT2D eigenvalue weighted by atomic mass is 10.00. The first-order chi connectivity index (χ1) is 16.6. The molecule has 7 heteroatoms. The molecule has 0 spiro atoms. The molecule has 1 aliphatic rings. The predicted octanol–water partition coefficient (Wildman–Crippen LogP) is 4.95. The zero-order valence-electron chi connectivity index (χ0n) is 18.3. The Balaban J connectivity index is 1.34. The monoisotopic (exact) mass is 458 g/mol. The molecular weight excluding hydrogens is 435 g/mol. The van der Waals surface area contributed by atoms with Crippen molar-refractivity contribution in [1.82, 2.24) is 9.55 Å². The van der Waals surface area contributed by atoms with Crippen molar-refractivity contribution in [1.29, 1.82) is 0 Å². The van der Waals surface area contributed by atoms with E-state index in [1.807, 2.05) is 53.2 Å². The number of imidazole rings is 1. The Kier molecular flexibility index (Phi) is 6.20. The van der Waals surface area contributed by atoms with E-state index in [2.05, 4.69) is 17.1 Å². The molecule has 4 aromatic rings. The van der Waals surface area contributed by atoms with Gasteiger partial charge in [0.25, 0.3) is 0 Å². The summed E-state index contributed by atoms with van der Waals surface area (Å²) >= 11 is 0. The highest BCUT2D eigenvalue weighted by Crippen LogP contribution is 2.38. The van der Waals surface area contributed by atoms with Crippen molar-refractivity contribution in [3.8, 4) is 16.9 Å². The fourth-order valence-corrected chi connectivity index (χ4v) is 4.05. The van der Waals surface area contributed by atoms with E-state index < -0.39 is 23.7 Å². The Bertz CT molecular complexity index is 1250. The second-order valence-corrected chi connectivity index (χ2v) is 8.12. The molecule has 172 valence electrons. The van der Waals surface area contributed by atoms with E-state index in [4.69, 9.17) is 14.2 Å². The quantitative estimate of drug-likeness (QED) is 0.290. The molecule has 1 fully saturated rings. The zero-order chi connectivity index (χ0) is 23.4. The summed E-state index contributed by atoms with van der Waals surface area (Å²) in [6.07, 6.45) is 4.68. The number of carbonyl (C=O) groups is 1. The van der Waals surface area contributed by atoms with Crippen molar-refractivity contribution < 1.29 is 23.4 Å². The lowest BCUT2D eigenvalue weighted by molar-refractivity contribution is -0.188. The summed E-state index contributed by atoms with van der Waals surface area (Å²) in [6.45, 7) is 0.584. The smallest absolute Gasteiger partial charge is 0.313 e. The van der Waals surface area contributed by atoms with Crippen LogP contribution < -0.4 is 4.74 Å². The molecule has 0 radical (unpaired) electrons. The highest BCUT2D eigenvalue weighted by Gasteiger charge is 2.44. The Morgan fingerprint density at radius 2 is 1.85 bits per heavy atom. The number of carbonyl (C=O) groups excluding carboxylic acids is 1. The van der Waals surface area contributed by atoms with Crippen molar-refractivity contribution in [2.24, 2.45) is 0 Å². The zero-order valence-corrected chi connectivity index (χ0v) is 18.3. The van der Waals surface area contributed by atoms with Gasteiger partial charge in [-0.1, -0.05) is 60.7 Å². The van der Waals surface area contributed by atoms with Crippen LogP contribution in [0, 0.1) is 5.82 Å². The normalized spacial score (nSPS) is 19.7. The van der Waals surface area contributed by atoms with Crippen LogP contribution in [0.25, 0.3) is 11.1 Å². The van der Waals surface area contributed by atoms with Gasteiger partial charge in [-0.05, 0) is 23.3 Å². The lowest BCUT2D eigenvalue weighted by Gasteiger charge is -2.29. The summed E-state index contributed by atoms with van der Waals surface area (Å²) in [5, 5.41) is 0.